The molecule has 1 saturated heterocycles. The van der Waals surface area contributed by atoms with Gasteiger partial charge >= 0.3 is 0 Å². The number of piperidine rings is 1. The topological polar surface area (TPSA) is 44.8 Å². The van der Waals surface area contributed by atoms with E-state index >= 15 is 0 Å². The average Bonchev–Trinajstić information content (AvgIpc) is 2.89. The number of likely N-dealkylation sites (N-methyl/N-ethyl adjacent to an activating group) is 1. The molecule has 1 atom stereocenters. The lowest BCUT2D eigenvalue weighted by atomic mass is 9.81. The van der Waals surface area contributed by atoms with E-state index in [2.05, 4.69) is 16.8 Å². The maximum Gasteiger partial charge on any atom is 0.230 e. The van der Waals surface area contributed by atoms with Gasteiger partial charge in [-0.05, 0) is 69.7 Å². The molecule has 2 aliphatic rings. The third-order valence-electron chi connectivity index (χ3n) is 7.77. The number of aryl methyl sites for hydroxylation is 1. The van der Waals surface area contributed by atoms with Crippen LogP contribution in [0.2, 0.25) is 0 Å². The number of rotatable bonds is 8. The van der Waals surface area contributed by atoms with Crippen LogP contribution in [0.1, 0.15) is 55.7 Å². The Morgan fingerprint density at radius 3 is 2.41 bits per heavy atom. The molecule has 2 aromatic rings. The van der Waals surface area contributed by atoms with Gasteiger partial charge in [-0.3, -0.25) is 4.79 Å². The first kappa shape index (κ1) is 28.6. The number of nitrogens with zero attached hydrogens (tertiary/aromatic N) is 2. The van der Waals surface area contributed by atoms with Gasteiger partial charge in [-0.25, -0.2) is 8.78 Å². The molecule has 2 heterocycles. The largest absolute Gasteiger partial charge is 0.468 e. The van der Waals surface area contributed by atoms with Crippen LogP contribution in [0.15, 0.2) is 84.2 Å². The normalized spacial score (nSPS) is 18.5. The monoisotopic (exact) mass is 535 g/mol. The van der Waals surface area contributed by atoms with Crippen LogP contribution >= 0.6 is 0 Å². The maximum atomic E-state index is 13.9. The quantitative estimate of drug-likeness (QED) is 0.429. The van der Waals surface area contributed by atoms with Gasteiger partial charge < -0.3 is 19.9 Å². The van der Waals surface area contributed by atoms with Gasteiger partial charge in [-0.15, -0.1) is 0 Å². The van der Waals surface area contributed by atoms with E-state index in [4.69, 9.17) is 4.74 Å². The summed E-state index contributed by atoms with van der Waals surface area (Å²) in [5.74, 6) is -0.480. The van der Waals surface area contributed by atoms with Gasteiger partial charge in [0.2, 0.25) is 5.91 Å². The Morgan fingerprint density at radius 1 is 1.15 bits per heavy atom. The number of allylic oxidation sites excluding steroid dienone is 2. The zero-order chi connectivity index (χ0) is 28.2. The number of halogens is 2. The maximum absolute atomic E-state index is 13.9. The molecule has 0 saturated carbocycles. The Hall–Kier alpha value is -3.45. The van der Waals surface area contributed by atoms with Gasteiger partial charge in [-0.2, -0.15) is 0 Å². The lowest BCUT2D eigenvalue weighted by Crippen LogP contribution is -2.50. The summed E-state index contributed by atoms with van der Waals surface area (Å²) in [6, 6.07) is 14.4. The number of likely N-dealkylation sites (tertiary alicyclic amines) is 1. The van der Waals surface area contributed by atoms with Gasteiger partial charge in [0.05, 0.1) is 11.7 Å². The van der Waals surface area contributed by atoms with Crippen molar-refractivity contribution in [2.75, 3.05) is 26.7 Å². The van der Waals surface area contributed by atoms with Crippen LogP contribution in [0.5, 0.6) is 0 Å². The Labute approximate surface area is 230 Å². The lowest BCUT2D eigenvalue weighted by molar-refractivity contribution is -0.132. The summed E-state index contributed by atoms with van der Waals surface area (Å²) in [5.41, 5.74) is 4.12. The van der Waals surface area contributed by atoms with Crippen molar-refractivity contribution in [3.8, 4) is 0 Å². The molecule has 39 heavy (non-hydrogen) atoms. The number of hydrogen-bond donors (Lipinski definition) is 1. The van der Waals surface area contributed by atoms with Crippen molar-refractivity contribution < 1.29 is 18.3 Å². The fourth-order valence-corrected chi connectivity index (χ4v) is 5.63. The molecule has 1 amide bonds. The summed E-state index contributed by atoms with van der Waals surface area (Å²) in [4.78, 5) is 17.7. The molecule has 0 radical (unpaired) electrons. The van der Waals surface area contributed by atoms with Crippen molar-refractivity contribution in [1.82, 2.24) is 15.1 Å². The third-order valence-corrected chi connectivity index (χ3v) is 7.77. The van der Waals surface area contributed by atoms with Crippen molar-refractivity contribution in [2.24, 2.45) is 0 Å². The smallest absolute Gasteiger partial charge is 0.230 e. The molecule has 1 spiro atoms. The molecule has 0 aromatic heterocycles. The number of amides is 1. The molecule has 2 aromatic carbocycles. The van der Waals surface area contributed by atoms with E-state index in [9.17, 15) is 13.6 Å². The predicted molar refractivity (Wildman–Crippen MR) is 151 cm³/mol. The molecule has 1 N–H and O–H groups in total. The third kappa shape index (κ3) is 6.95. The van der Waals surface area contributed by atoms with Crippen molar-refractivity contribution in [3.63, 3.8) is 0 Å². The van der Waals surface area contributed by atoms with E-state index in [1.807, 2.05) is 45.2 Å². The highest BCUT2D eigenvalue weighted by Crippen LogP contribution is 2.40. The second-order valence-corrected chi connectivity index (χ2v) is 10.8. The molecule has 1 unspecified atom stereocenters. The summed E-state index contributed by atoms with van der Waals surface area (Å²) < 4.78 is 33.8. The first-order valence-corrected chi connectivity index (χ1v) is 13.5. The van der Waals surface area contributed by atoms with Crippen LogP contribution in [0.3, 0.4) is 0 Å². The Bertz CT molecular complexity index is 1240. The minimum Gasteiger partial charge on any atom is -0.468 e. The van der Waals surface area contributed by atoms with Crippen LogP contribution in [-0.2, 0) is 16.1 Å². The number of carbonyl (C=O) groups is 1. The van der Waals surface area contributed by atoms with Crippen molar-refractivity contribution in [1.29, 1.82) is 0 Å². The second-order valence-electron chi connectivity index (χ2n) is 10.8. The summed E-state index contributed by atoms with van der Waals surface area (Å²) in [5, 5.41) is 3.09. The molecule has 2 aliphatic heterocycles. The zero-order valence-electron chi connectivity index (χ0n) is 23.4. The molecule has 208 valence electrons. The predicted octanol–water partition coefficient (Wildman–Crippen LogP) is 6.34. The average molecular weight is 536 g/mol. The first-order chi connectivity index (χ1) is 18.6. The van der Waals surface area contributed by atoms with Gasteiger partial charge in [0, 0.05) is 50.8 Å². The van der Waals surface area contributed by atoms with E-state index in [1.165, 1.54) is 24.6 Å². The minimum absolute atomic E-state index is 0.0121. The van der Waals surface area contributed by atoms with Crippen LogP contribution in [0, 0.1) is 12.7 Å². The van der Waals surface area contributed by atoms with Gasteiger partial charge in [-0.1, -0.05) is 42.0 Å². The van der Waals surface area contributed by atoms with Gasteiger partial charge in [0.15, 0.2) is 5.88 Å². The summed E-state index contributed by atoms with van der Waals surface area (Å²) >= 11 is 0. The van der Waals surface area contributed by atoms with Crippen molar-refractivity contribution in [3.05, 3.63) is 107 Å². The SMILES string of the molecule is C=C1NC(C)=C(/C=C(\C)F)C2(CCN(CCC(C(=O)N(C)Cc3ccc(C)cc3)c3ccc(F)cc3)CC2)O1. The van der Waals surface area contributed by atoms with E-state index in [1.54, 1.807) is 23.1 Å². The Kier molecular flexibility index (Phi) is 8.90. The standard InChI is InChI=1S/C32H39F2N3O2/c1-22-6-8-26(9-7-22)21-36(5)31(38)29(27-10-12-28(34)13-11-27)14-17-37-18-15-32(16-19-37)30(20-23(2)33)24(3)35-25(4)39-32/h6-13,20,29,35H,4,14-19,21H2,1-3,5H3/b23-20+. The highest BCUT2D eigenvalue weighted by molar-refractivity contribution is 5.83. The van der Waals surface area contributed by atoms with Crippen LogP contribution in [-0.4, -0.2) is 48.0 Å². The van der Waals surface area contributed by atoms with E-state index in [0.29, 0.717) is 38.2 Å². The molecule has 7 heteroatoms. The van der Waals surface area contributed by atoms with E-state index in [0.717, 1.165) is 35.5 Å². The minimum atomic E-state index is -0.614. The molecule has 0 bridgehead atoms. The number of ether oxygens (including phenoxy) is 1. The fraction of sp³-hybridized carbons (Fsp3) is 0.406. The molecule has 5 nitrogen and oxygen atoms in total. The lowest BCUT2D eigenvalue weighted by Gasteiger charge is -2.46. The van der Waals surface area contributed by atoms with Crippen LogP contribution in [0.25, 0.3) is 0 Å². The number of nitrogens with one attached hydrogen (secondary N) is 1. The van der Waals surface area contributed by atoms with Crippen molar-refractivity contribution in [2.45, 2.75) is 58.1 Å². The number of carbonyl (C=O) groups excluding carboxylic acids is 1. The van der Waals surface area contributed by atoms with Gasteiger partial charge in [0.1, 0.15) is 11.4 Å². The first-order valence-electron chi connectivity index (χ1n) is 13.5. The fourth-order valence-electron chi connectivity index (χ4n) is 5.63. The molecule has 4 rings (SSSR count). The number of hydrogen-bond acceptors (Lipinski definition) is 4. The van der Waals surface area contributed by atoms with Gasteiger partial charge in [0.25, 0.3) is 0 Å². The number of benzene rings is 2. The molecule has 0 aliphatic carbocycles. The Morgan fingerprint density at radius 2 is 1.79 bits per heavy atom. The van der Waals surface area contributed by atoms with Crippen LogP contribution in [0.4, 0.5) is 8.78 Å². The highest BCUT2D eigenvalue weighted by atomic mass is 19.1. The van der Waals surface area contributed by atoms with E-state index < -0.39 is 5.60 Å². The summed E-state index contributed by atoms with van der Waals surface area (Å²) in [6.07, 6.45) is 3.53. The molecular weight excluding hydrogens is 496 g/mol. The molecular formula is C32H39F2N3O2. The molecule has 1 fully saturated rings. The summed E-state index contributed by atoms with van der Waals surface area (Å²) in [6.45, 7) is 12.0. The highest BCUT2D eigenvalue weighted by Gasteiger charge is 2.43. The van der Waals surface area contributed by atoms with E-state index in [-0.39, 0.29) is 23.5 Å². The van der Waals surface area contributed by atoms with Crippen LogP contribution < -0.4 is 5.32 Å². The Balaban J connectivity index is 1.45. The van der Waals surface area contributed by atoms with Crippen molar-refractivity contribution >= 4 is 5.91 Å². The zero-order valence-corrected chi connectivity index (χ0v) is 23.4. The summed E-state index contributed by atoms with van der Waals surface area (Å²) in [7, 11) is 1.82. The second kappa shape index (κ2) is 12.2.